The third kappa shape index (κ3) is 4.04. The van der Waals surface area contributed by atoms with Gasteiger partial charge in [-0.1, -0.05) is 0 Å². The van der Waals surface area contributed by atoms with Crippen molar-refractivity contribution >= 4 is 0 Å². The molecule has 0 amide bonds. The van der Waals surface area contributed by atoms with Crippen LogP contribution in [0.1, 0.15) is 32.1 Å². The smallest absolute Gasteiger partial charge is 0.0700 e. The van der Waals surface area contributed by atoms with E-state index in [0.29, 0.717) is 6.10 Å². The number of likely N-dealkylation sites (tertiary alicyclic amines) is 1. The number of hydrogen-bond acceptors (Lipinski definition) is 3. The summed E-state index contributed by atoms with van der Waals surface area (Å²) in [6, 6.07) is 0. The van der Waals surface area contributed by atoms with Gasteiger partial charge in [-0.2, -0.15) is 0 Å². The average molecular weight is 226 g/mol. The third-order valence-corrected chi connectivity index (χ3v) is 3.96. The summed E-state index contributed by atoms with van der Waals surface area (Å²) in [6.45, 7) is 5.79. The number of ether oxygens (including phenoxy) is 1. The van der Waals surface area contributed by atoms with Gasteiger partial charge in [-0.3, -0.25) is 0 Å². The van der Waals surface area contributed by atoms with E-state index in [1.807, 2.05) is 0 Å². The molecule has 94 valence electrons. The van der Waals surface area contributed by atoms with Crippen LogP contribution in [0.5, 0.6) is 0 Å². The van der Waals surface area contributed by atoms with Crippen LogP contribution in [0.25, 0.3) is 0 Å². The number of hydrogen-bond donors (Lipinski definition) is 1. The Bertz CT molecular complexity index is 184. The highest BCUT2D eigenvalue weighted by Crippen LogP contribution is 2.18. The van der Waals surface area contributed by atoms with Gasteiger partial charge in [0.05, 0.1) is 6.10 Å². The third-order valence-electron chi connectivity index (χ3n) is 3.96. The molecule has 2 aliphatic heterocycles. The number of rotatable bonds is 5. The molecule has 1 atom stereocenters. The van der Waals surface area contributed by atoms with Gasteiger partial charge >= 0.3 is 0 Å². The Morgan fingerprint density at radius 3 is 2.75 bits per heavy atom. The largest absolute Gasteiger partial charge is 0.377 e. The zero-order valence-corrected chi connectivity index (χ0v) is 10.6. The first-order valence-corrected chi connectivity index (χ1v) is 6.85. The number of nitrogens with one attached hydrogen (secondary N) is 1. The molecule has 0 aromatic carbocycles. The van der Waals surface area contributed by atoms with Crippen LogP contribution >= 0.6 is 0 Å². The monoisotopic (exact) mass is 226 g/mol. The quantitative estimate of drug-likeness (QED) is 0.719. The summed E-state index contributed by atoms with van der Waals surface area (Å²) in [5, 5.41) is 3.55. The van der Waals surface area contributed by atoms with Gasteiger partial charge in [-0.25, -0.2) is 0 Å². The van der Waals surface area contributed by atoms with Gasteiger partial charge < -0.3 is 15.0 Å². The summed E-state index contributed by atoms with van der Waals surface area (Å²) in [5.41, 5.74) is 0. The van der Waals surface area contributed by atoms with E-state index in [2.05, 4.69) is 17.3 Å². The minimum absolute atomic E-state index is 0.498. The van der Waals surface area contributed by atoms with Gasteiger partial charge in [0.1, 0.15) is 0 Å². The van der Waals surface area contributed by atoms with Crippen LogP contribution in [0.15, 0.2) is 0 Å². The molecular formula is C13H26N2O. The second-order valence-corrected chi connectivity index (χ2v) is 5.37. The molecule has 0 aromatic heterocycles. The maximum absolute atomic E-state index is 5.59. The molecule has 0 aromatic rings. The summed E-state index contributed by atoms with van der Waals surface area (Å²) < 4.78 is 5.59. The van der Waals surface area contributed by atoms with Crippen LogP contribution in [0.3, 0.4) is 0 Å². The standard InChI is InChI=1S/C13H26N2O/c1-15-8-5-12(6-9-15)4-7-14-11-13-3-2-10-16-13/h12-14H,2-11H2,1H3. The minimum atomic E-state index is 0.498. The van der Waals surface area contributed by atoms with Crippen LogP contribution in [0.4, 0.5) is 0 Å². The molecule has 16 heavy (non-hydrogen) atoms. The Labute approximate surface area is 99.5 Å². The van der Waals surface area contributed by atoms with Crippen molar-refractivity contribution in [2.75, 3.05) is 39.8 Å². The van der Waals surface area contributed by atoms with Gasteiger partial charge in [-0.15, -0.1) is 0 Å². The predicted octanol–water partition coefficient (Wildman–Crippen LogP) is 1.49. The molecule has 1 N–H and O–H groups in total. The fourth-order valence-corrected chi connectivity index (χ4v) is 2.73. The molecule has 0 aliphatic carbocycles. The molecule has 2 fully saturated rings. The minimum Gasteiger partial charge on any atom is -0.377 e. The Morgan fingerprint density at radius 2 is 2.06 bits per heavy atom. The first-order valence-electron chi connectivity index (χ1n) is 6.85. The molecular weight excluding hydrogens is 200 g/mol. The van der Waals surface area contributed by atoms with Gasteiger partial charge in [0.2, 0.25) is 0 Å². The Balaban J connectivity index is 1.48. The lowest BCUT2D eigenvalue weighted by molar-refractivity contribution is 0.109. The van der Waals surface area contributed by atoms with E-state index in [4.69, 9.17) is 4.74 Å². The normalized spacial score (nSPS) is 28.7. The second-order valence-electron chi connectivity index (χ2n) is 5.37. The first kappa shape index (κ1) is 12.3. The van der Waals surface area contributed by atoms with Crippen molar-refractivity contribution in [1.29, 1.82) is 0 Å². The predicted molar refractivity (Wildman–Crippen MR) is 66.7 cm³/mol. The maximum atomic E-state index is 5.59. The molecule has 2 aliphatic rings. The lowest BCUT2D eigenvalue weighted by atomic mass is 9.94. The van der Waals surface area contributed by atoms with Gasteiger partial charge in [-0.05, 0) is 64.7 Å². The summed E-state index contributed by atoms with van der Waals surface area (Å²) in [6.07, 6.45) is 7.12. The van der Waals surface area contributed by atoms with E-state index < -0.39 is 0 Å². The zero-order chi connectivity index (χ0) is 11.2. The molecule has 2 rings (SSSR count). The van der Waals surface area contributed by atoms with Crippen LogP contribution in [-0.2, 0) is 4.74 Å². The number of piperidine rings is 1. The lowest BCUT2D eigenvalue weighted by Gasteiger charge is -2.29. The van der Waals surface area contributed by atoms with E-state index in [0.717, 1.165) is 19.1 Å². The molecule has 0 radical (unpaired) electrons. The lowest BCUT2D eigenvalue weighted by Crippen LogP contribution is -2.33. The molecule has 3 heteroatoms. The Kier molecular flexibility index (Phi) is 5.07. The molecule has 2 heterocycles. The van der Waals surface area contributed by atoms with Crippen molar-refractivity contribution in [3.8, 4) is 0 Å². The summed E-state index contributed by atoms with van der Waals surface area (Å²) in [5.74, 6) is 0.952. The fraction of sp³-hybridized carbons (Fsp3) is 1.00. The second kappa shape index (κ2) is 6.58. The zero-order valence-electron chi connectivity index (χ0n) is 10.6. The highest BCUT2D eigenvalue weighted by molar-refractivity contribution is 4.72. The van der Waals surface area contributed by atoms with Crippen LogP contribution < -0.4 is 5.32 Å². The molecule has 3 nitrogen and oxygen atoms in total. The average Bonchev–Trinajstić information content (AvgIpc) is 2.80. The highest BCUT2D eigenvalue weighted by atomic mass is 16.5. The molecule has 0 spiro atoms. The van der Waals surface area contributed by atoms with Crippen LogP contribution in [-0.4, -0.2) is 50.8 Å². The Hall–Kier alpha value is -0.120. The van der Waals surface area contributed by atoms with E-state index in [9.17, 15) is 0 Å². The number of nitrogens with zero attached hydrogens (tertiary/aromatic N) is 1. The van der Waals surface area contributed by atoms with Crippen LogP contribution in [0.2, 0.25) is 0 Å². The van der Waals surface area contributed by atoms with Crippen molar-refractivity contribution < 1.29 is 4.74 Å². The van der Waals surface area contributed by atoms with Crippen molar-refractivity contribution in [1.82, 2.24) is 10.2 Å². The van der Waals surface area contributed by atoms with Gasteiger partial charge in [0.15, 0.2) is 0 Å². The van der Waals surface area contributed by atoms with Crippen molar-refractivity contribution in [3.05, 3.63) is 0 Å². The summed E-state index contributed by atoms with van der Waals surface area (Å²) in [4.78, 5) is 2.44. The summed E-state index contributed by atoms with van der Waals surface area (Å²) >= 11 is 0. The van der Waals surface area contributed by atoms with Crippen molar-refractivity contribution in [2.24, 2.45) is 5.92 Å². The van der Waals surface area contributed by atoms with E-state index >= 15 is 0 Å². The van der Waals surface area contributed by atoms with Crippen molar-refractivity contribution in [3.63, 3.8) is 0 Å². The van der Waals surface area contributed by atoms with E-state index in [1.165, 1.54) is 51.7 Å². The summed E-state index contributed by atoms with van der Waals surface area (Å²) in [7, 11) is 2.23. The first-order chi connectivity index (χ1) is 7.84. The topological polar surface area (TPSA) is 24.5 Å². The maximum Gasteiger partial charge on any atom is 0.0700 e. The van der Waals surface area contributed by atoms with E-state index in [-0.39, 0.29) is 0 Å². The van der Waals surface area contributed by atoms with Crippen LogP contribution in [0, 0.1) is 5.92 Å². The molecule has 2 saturated heterocycles. The van der Waals surface area contributed by atoms with E-state index in [1.54, 1.807) is 0 Å². The highest BCUT2D eigenvalue weighted by Gasteiger charge is 2.17. The fourth-order valence-electron chi connectivity index (χ4n) is 2.73. The SMILES string of the molecule is CN1CCC(CCNCC2CCCO2)CC1. The molecule has 0 bridgehead atoms. The molecule has 0 saturated carbocycles. The Morgan fingerprint density at radius 1 is 1.25 bits per heavy atom. The van der Waals surface area contributed by atoms with Gasteiger partial charge in [0, 0.05) is 13.2 Å². The van der Waals surface area contributed by atoms with Crippen molar-refractivity contribution in [2.45, 2.75) is 38.2 Å². The van der Waals surface area contributed by atoms with Gasteiger partial charge in [0.25, 0.3) is 0 Å². The molecule has 1 unspecified atom stereocenters.